The first-order valence-corrected chi connectivity index (χ1v) is 6.60. The van der Waals surface area contributed by atoms with Crippen LogP contribution >= 0.6 is 11.3 Å². The molecule has 0 fully saturated rings. The lowest BCUT2D eigenvalue weighted by molar-refractivity contribution is 0.0321. The van der Waals surface area contributed by atoms with Crippen LogP contribution in [-0.4, -0.2) is 5.11 Å². The van der Waals surface area contributed by atoms with Gasteiger partial charge in [0, 0.05) is 9.75 Å². The van der Waals surface area contributed by atoms with E-state index in [1.54, 1.807) is 11.3 Å². The normalized spacial score (nSPS) is 15.6. The van der Waals surface area contributed by atoms with Crippen LogP contribution in [0.2, 0.25) is 0 Å². The molecule has 0 aromatic carbocycles. The van der Waals surface area contributed by atoms with Crippen LogP contribution < -0.4 is 0 Å². The van der Waals surface area contributed by atoms with E-state index >= 15 is 0 Å². The van der Waals surface area contributed by atoms with Crippen LogP contribution in [0, 0.1) is 12.8 Å². The van der Waals surface area contributed by atoms with Crippen LogP contribution in [0.25, 0.3) is 0 Å². The van der Waals surface area contributed by atoms with Crippen LogP contribution in [0.3, 0.4) is 0 Å². The molecule has 1 aromatic heterocycles. The van der Waals surface area contributed by atoms with Crippen LogP contribution in [0.4, 0.5) is 0 Å². The first-order chi connectivity index (χ1) is 6.99. The molecular weight excluding hydrogens is 204 g/mol. The SMILES string of the molecule is CCC(CC)CC(C)(O)c1ccc(C)s1. The van der Waals surface area contributed by atoms with Crippen LogP contribution in [0.15, 0.2) is 12.1 Å². The minimum absolute atomic E-state index is 0.627. The summed E-state index contributed by atoms with van der Waals surface area (Å²) in [5.74, 6) is 0.627. The van der Waals surface area contributed by atoms with Gasteiger partial charge >= 0.3 is 0 Å². The van der Waals surface area contributed by atoms with Crippen molar-refractivity contribution in [3.8, 4) is 0 Å². The molecule has 15 heavy (non-hydrogen) atoms. The molecule has 2 heteroatoms. The van der Waals surface area contributed by atoms with Gasteiger partial charge in [-0.3, -0.25) is 0 Å². The van der Waals surface area contributed by atoms with Gasteiger partial charge in [0.1, 0.15) is 0 Å². The van der Waals surface area contributed by atoms with E-state index in [-0.39, 0.29) is 0 Å². The zero-order chi connectivity index (χ0) is 11.5. The molecule has 1 rings (SSSR count). The predicted molar refractivity (Wildman–Crippen MR) is 67.3 cm³/mol. The molecule has 0 aliphatic carbocycles. The highest BCUT2D eigenvalue weighted by Gasteiger charge is 2.27. The third-order valence-electron chi connectivity index (χ3n) is 3.11. The standard InChI is InChI=1S/C13H22OS/c1-5-11(6-2)9-13(4,14)12-8-7-10(3)15-12/h7-8,11,14H,5-6,9H2,1-4H3. The molecule has 0 bridgehead atoms. The average Bonchev–Trinajstić information content (AvgIpc) is 2.62. The van der Waals surface area contributed by atoms with Crippen molar-refractivity contribution in [2.75, 3.05) is 0 Å². The molecule has 0 amide bonds. The molecule has 86 valence electrons. The Kier molecular flexibility index (Phi) is 4.35. The van der Waals surface area contributed by atoms with Gasteiger partial charge in [0.25, 0.3) is 0 Å². The number of hydrogen-bond donors (Lipinski definition) is 1. The number of hydrogen-bond acceptors (Lipinski definition) is 2. The monoisotopic (exact) mass is 226 g/mol. The van der Waals surface area contributed by atoms with Crippen molar-refractivity contribution >= 4 is 11.3 Å². The highest BCUT2D eigenvalue weighted by molar-refractivity contribution is 7.12. The fourth-order valence-corrected chi connectivity index (χ4v) is 2.89. The second-order valence-electron chi connectivity index (χ2n) is 4.57. The Bertz CT molecular complexity index is 297. The van der Waals surface area contributed by atoms with E-state index in [1.165, 1.54) is 4.88 Å². The molecule has 0 aliphatic heterocycles. The van der Waals surface area contributed by atoms with Gasteiger partial charge in [0.2, 0.25) is 0 Å². The van der Waals surface area contributed by atoms with Crippen molar-refractivity contribution in [2.45, 2.75) is 52.6 Å². The summed E-state index contributed by atoms with van der Waals surface area (Å²) in [7, 11) is 0. The summed E-state index contributed by atoms with van der Waals surface area (Å²) < 4.78 is 0. The van der Waals surface area contributed by atoms with E-state index < -0.39 is 5.60 Å². The second-order valence-corrected chi connectivity index (χ2v) is 5.86. The Morgan fingerprint density at radius 1 is 1.33 bits per heavy atom. The van der Waals surface area contributed by atoms with E-state index in [4.69, 9.17) is 0 Å². The van der Waals surface area contributed by atoms with Crippen molar-refractivity contribution in [2.24, 2.45) is 5.92 Å². The number of rotatable bonds is 5. The van der Waals surface area contributed by atoms with E-state index in [9.17, 15) is 5.11 Å². The minimum Gasteiger partial charge on any atom is -0.385 e. The molecule has 0 radical (unpaired) electrons. The molecular formula is C13H22OS. The van der Waals surface area contributed by atoms with E-state index in [0.717, 1.165) is 24.1 Å². The van der Waals surface area contributed by atoms with Crippen molar-refractivity contribution in [3.63, 3.8) is 0 Å². The first-order valence-electron chi connectivity index (χ1n) is 5.79. The highest BCUT2D eigenvalue weighted by atomic mass is 32.1. The average molecular weight is 226 g/mol. The summed E-state index contributed by atoms with van der Waals surface area (Å²) in [4.78, 5) is 2.38. The van der Waals surface area contributed by atoms with Crippen molar-refractivity contribution in [3.05, 3.63) is 21.9 Å². The van der Waals surface area contributed by atoms with Crippen molar-refractivity contribution in [1.29, 1.82) is 0 Å². The van der Waals surface area contributed by atoms with Gasteiger partial charge in [-0.05, 0) is 38.3 Å². The first kappa shape index (κ1) is 12.7. The minimum atomic E-state index is -0.643. The summed E-state index contributed by atoms with van der Waals surface area (Å²) in [5.41, 5.74) is -0.643. The van der Waals surface area contributed by atoms with E-state index in [0.29, 0.717) is 5.92 Å². The molecule has 1 unspecified atom stereocenters. The van der Waals surface area contributed by atoms with Gasteiger partial charge in [0.05, 0.1) is 5.60 Å². The zero-order valence-electron chi connectivity index (χ0n) is 10.2. The van der Waals surface area contributed by atoms with Gasteiger partial charge in [-0.25, -0.2) is 0 Å². The number of aryl methyl sites for hydroxylation is 1. The Balaban J connectivity index is 2.74. The highest BCUT2D eigenvalue weighted by Crippen LogP contribution is 2.34. The Labute approximate surface area is 97.2 Å². The van der Waals surface area contributed by atoms with Crippen LogP contribution in [-0.2, 0) is 5.60 Å². The predicted octanol–water partition coefficient (Wildman–Crippen LogP) is 4.09. The van der Waals surface area contributed by atoms with Crippen LogP contribution in [0.5, 0.6) is 0 Å². The lowest BCUT2D eigenvalue weighted by Gasteiger charge is -2.26. The third-order valence-corrected chi connectivity index (χ3v) is 4.37. The molecule has 0 saturated carbocycles. The largest absolute Gasteiger partial charge is 0.385 e. The van der Waals surface area contributed by atoms with E-state index in [2.05, 4.69) is 32.9 Å². The zero-order valence-corrected chi connectivity index (χ0v) is 11.0. The van der Waals surface area contributed by atoms with Gasteiger partial charge in [-0.15, -0.1) is 11.3 Å². The van der Waals surface area contributed by atoms with E-state index in [1.807, 2.05) is 6.92 Å². The lowest BCUT2D eigenvalue weighted by Crippen LogP contribution is -2.23. The van der Waals surface area contributed by atoms with Gasteiger partial charge in [0.15, 0.2) is 0 Å². The van der Waals surface area contributed by atoms with Crippen molar-refractivity contribution in [1.82, 2.24) is 0 Å². The fraction of sp³-hybridized carbons (Fsp3) is 0.692. The quantitative estimate of drug-likeness (QED) is 0.801. The number of thiophene rings is 1. The summed E-state index contributed by atoms with van der Waals surface area (Å²) in [6, 6.07) is 4.14. The maximum atomic E-state index is 10.4. The number of aliphatic hydroxyl groups is 1. The van der Waals surface area contributed by atoms with Crippen LogP contribution in [0.1, 0.15) is 49.8 Å². The van der Waals surface area contributed by atoms with Crippen molar-refractivity contribution < 1.29 is 5.11 Å². The summed E-state index contributed by atoms with van der Waals surface area (Å²) in [6.45, 7) is 8.42. The topological polar surface area (TPSA) is 20.2 Å². The van der Waals surface area contributed by atoms with Gasteiger partial charge in [-0.1, -0.05) is 26.7 Å². The molecule has 1 N–H and O–H groups in total. The molecule has 1 heterocycles. The maximum absolute atomic E-state index is 10.4. The molecule has 1 aromatic rings. The Morgan fingerprint density at radius 2 is 1.93 bits per heavy atom. The fourth-order valence-electron chi connectivity index (χ4n) is 1.96. The smallest absolute Gasteiger partial charge is 0.0962 e. The Hall–Kier alpha value is -0.340. The second kappa shape index (κ2) is 5.13. The van der Waals surface area contributed by atoms with Gasteiger partial charge in [-0.2, -0.15) is 0 Å². The molecule has 1 nitrogen and oxygen atoms in total. The summed E-state index contributed by atoms with van der Waals surface area (Å²) in [6.07, 6.45) is 3.17. The molecule has 0 spiro atoms. The van der Waals surface area contributed by atoms with Gasteiger partial charge < -0.3 is 5.11 Å². The summed E-state index contributed by atoms with van der Waals surface area (Å²) in [5, 5.41) is 10.4. The molecule has 0 aliphatic rings. The Morgan fingerprint density at radius 3 is 2.33 bits per heavy atom. The molecule has 0 saturated heterocycles. The lowest BCUT2D eigenvalue weighted by atomic mass is 9.87. The maximum Gasteiger partial charge on any atom is 0.0962 e. The molecule has 1 atom stereocenters. The summed E-state index contributed by atoms with van der Waals surface area (Å²) >= 11 is 1.71. The third kappa shape index (κ3) is 3.32.